The highest BCUT2D eigenvalue weighted by Gasteiger charge is 2.12. The van der Waals surface area contributed by atoms with Crippen molar-refractivity contribution in [2.45, 2.75) is 41.0 Å². The van der Waals surface area contributed by atoms with Gasteiger partial charge in [-0.05, 0) is 97.1 Å². The summed E-state index contributed by atoms with van der Waals surface area (Å²) in [5.41, 5.74) is 9.01. The van der Waals surface area contributed by atoms with Gasteiger partial charge in [0.25, 0.3) is 0 Å². The molecule has 0 unspecified atom stereocenters. The minimum absolute atomic E-state index is 0.664. The number of rotatable bonds is 8. The molecular formula is C43H44N4. The zero-order valence-corrected chi connectivity index (χ0v) is 28.2. The van der Waals surface area contributed by atoms with E-state index in [0.717, 1.165) is 66.7 Å². The summed E-state index contributed by atoms with van der Waals surface area (Å²) in [5, 5.41) is 1.87. The van der Waals surface area contributed by atoms with E-state index in [2.05, 4.69) is 109 Å². The van der Waals surface area contributed by atoms with Crippen molar-refractivity contribution in [3.63, 3.8) is 0 Å². The first-order valence-electron chi connectivity index (χ1n) is 15.9. The van der Waals surface area contributed by atoms with E-state index in [-0.39, 0.29) is 0 Å². The highest BCUT2D eigenvalue weighted by molar-refractivity contribution is 5.77. The van der Waals surface area contributed by atoms with Crippen LogP contribution in [0.25, 0.3) is 41.2 Å². The van der Waals surface area contributed by atoms with Crippen LogP contribution in [0.1, 0.15) is 47.6 Å². The molecule has 4 heterocycles. The first-order chi connectivity index (χ1) is 22.9. The summed E-state index contributed by atoms with van der Waals surface area (Å²) < 4.78 is 2.13. The van der Waals surface area contributed by atoms with E-state index in [4.69, 9.17) is 9.97 Å². The number of aryl methyl sites for hydroxylation is 3. The summed E-state index contributed by atoms with van der Waals surface area (Å²) in [4.78, 5) is 14.3. The van der Waals surface area contributed by atoms with E-state index in [0.29, 0.717) is 6.42 Å². The van der Waals surface area contributed by atoms with Gasteiger partial charge in [-0.3, -0.25) is 9.97 Å². The van der Waals surface area contributed by atoms with E-state index in [9.17, 15) is 0 Å². The second-order valence-corrected chi connectivity index (χ2v) is 11.1. The van der Waals surface area contributed by atoms with E-state index in [1.165, 1.54) is 0 Å². The molecule has 0 saturated carbocycles. The van der Waals surface area contributed by atoms with Crippen molar-refractivity contribution in [1.29, 1.82) is 0 Å². The molecule has 4 heteroatoms. The van der Waals surface area contributed by atoms with Crippen molar-refractivity contribution >= 4 is 29.8 Å². The number of nitrogens with zero attached hydrogens (tertiary/aromatic N) is 4. The van der Waals surface area contributed by atoms with Gasteiger partial charge < -0.3 is 4.40 Å². The van der Waals surface area contributed by atoms with Crippen molar-refractivity contribution in [3.8, 4) is 11.4 Å². The standard InChI is InChI=1S/C43H44N4/c1-8-11-20-37-22-18-23-39(33(5)28-27-32(4)38(19-9-2)31-45-35(7)34(37)6)36(10-3)21-12-13-26-42-46-43(40-24-14-16-29-44-40)41-25-15-17-30-47(41)42/h8-25,27-31H,3,6,26H2,1-2,4-5,7H3/b11-8-,13-12-,19-9-,22-18?,32-27?,33-28?,36-21+,37-20-,38-31?,39-23?,45-35?. The zero-order chi connectivity index (χ0) is 33.6. The SMILES string of the molecule is C=C/C(=C\C=C/Cc1nc(-c2ccccn2)c2ccccn12)c1ccc/c(=C/C=C\C)c(=C)c(C)ncc(/C=C\C)c(C)ccc1C. The predicted molar refractivity (Wildman–Crippen MR) is 202 cm³/mol. The summed E-state index contributed by atoms with van der Waals surface area (Å²) in [6.45, 7) is 18.8. The largest absolute Gasteiger partial charge is 0.303 e. The molecule has 0 aromatic carbocycles. The number of fused-ring (bicyclic) bond motifs is 1. The van der Waals surface area contributed by atoms with Crippen LogP contribution in [0.4, 0.5) is 0 Å². The Balaban J connectivity index is 1.83. The average Bonchev–Trinajstić information content (AvgIpc) is 3.47. The molecule has 0 aliphatic carbocycles. The first kappa shape index (κ1) is 34.3. The smallest absolute Gasteiger partial charge is 0.117 e. The van der Waals surface area contributed by atoms with Crippen LogP contribution in [-0.2, 0) is 6.42 Å². The quantitative estimate of drug-likeness (QED) is 0.186. The van der Waals surface area contributed by atoms with Crippen molar-refractivity contribution < 1.29 is 0 Å². The molecule has 47 heavy (non-hydrogen) atoms. The van der Waals surface area contributed by atoms with Crippen LogP contribution in [0.2, 0.25) is 0 Å². The molecule has 0 radical (unpaired) electrons. The van der Waals surface area contributed by atoms with Crippen molar-refractivity contribution in [2.75, 3.05) is 0 Å². The molecular weight excluding hydrogens is 573 g/mol. The van der Waals surface area contributed by atoms with Gasteiger partial charge in [0.05, 0.1) is 11.2 Å². The molecule has 0 saturated heterocycles. The summed E-state index contributed by atoms with van der Waals surface area (Å²) in [6.07, 6.45) is 24.9. The minimum Gasteiger partial charge on any atom is -0.303 e. The third-order valence-electron chi connectivity index (χ3n) is 7.77. The van der Waals surface area contributed by atoms with E-state index in [1.807, 2.05) is 81.6 Å². The predicted octanol–water partition coefficient (Wildman–Crippen LogP) is 9.13. The zero-order valence-electron chi connectivity index (χ0n) is 28.2. The maximum atomic E-state index is 4.97. The topological polar surface area (TPSA) is 43.1 Å². The molecule has 0 bridgehead atoms. The Labute approximate surface area is 279 Å². The Morgan fingerprint density at radius 1 is 0.851 bits per heavy atom. The molecule has 236 valence electrons. The summed E-state index contributed by atoms with van der Waals surface area (Å²) in [5.74, 6) is 0.951. The van der Waals surface area contributed by atoms with E-state index < -0.39 is 0 Å². The Bertz CT molecular complexity index is 2090. The van der Waals surface area contributed by atoms with Crippen LogP contribution in [0, 0.1) is 20.8 Å². The summed E-state index contributed by atoms with van der Waals surface area (Å²) in [6, 6.07) is 22.6. The lowest BCUT2D eigenvalue weighted by molar-refractivity contribution is 0.982. The molecule has 0 spiro atoms. The summed E-state index contributed by atoms with van der Waals surface area (Å²) in [7, 11) is 0. The molecule has 4 nitrogen and oxygen atoms in total. The van der Waals surface area contributed by atoms with Crippen molar-refractivity contribution in [1.82, 2.24) is 19.4 Å². The molecule has 0 aliphatic heterocycles. The summed E-state index contributed by atoms with van der Waals surface area (Å²) >= 11 is 0. The van der Waals surface area contributed by atoms with Gasteiger partial charge in [-0.25, -0.2) is 4.98 Å². The molecule has 4 aromatic rings. The Morgan fingerprint density at radius 3 is 2.40 bits per heavy atom. The van der Waals surface area contributed by atoms with Gasteiger partial charge in [-0.1, -0.05) is 110 Å². The molecule has 0 amide bonds. The van der Waals surface area contributed by atoms with Crippen LogP contribution in [0.5, 0.6) is 0 Å². The van der Waals surface area contributed by atoms with E-state index in [1.54, 1.807) is 6.20 Å². The lowest BCUT2D eigenvalue weighted by Gasteiger charge is -2.04. The third-order valence-corrected chi connectivity index (χ3v) is 7.77. The van der Waals surface area contributed by atoms with Gasteiger partial charge in [-0.2, -0.15) is 0 Å². The van der Waals surface area contributed by atoms with Gasteiger partial charge in [0.1, 0.15) is 11.5 Å². The molecule has 4 aromatic heterocycles. The molecule has 0 aliphatic rings. The highest BCUT2D eigenvalue weighted by Crippen LogP contribution is 2.24. The Hall–Kier alpha value is -5.61. The van der Waals surface area contributed by atoms with Crippen LogP contribution in [0.3, 0.4) is 0 Å². The van der Waals surface area contributed by atoms with Crippen LogP contribution in [0.15, 0.2) is 134 Å². The van der Waals surface area contributed by atoms with Gasteiger partial charge in [-0.15, -0.1) is 0 Å². The van der Waals surface area contributed by atoms with Gasteiger partial charge in [0.2, 0.25) is 0 Å². The Kier molecular flexibility index (Phi) is 12.5. The fourth-order valence-electron chi connectivity index (χ4n) is 5.05. The monoisotopic (exact) mass is 616 g/mol. The van der Waals surface area contributed by atoms with E-state index >= 15 is 0 Å². The molecule has 0 atom stereocenters. The number of hydrogen-bond donors (Lipinski definition) is 0. The van der Waals surface area contributed by atoms with Gasteiger partial charge in [0.15, 0.2) is 0 Å². The first-order valence-corrected chi connectivity index (χ1v) is 15.9. The number of allylic oxidation sites excluding steroid dienone is 8. The number of pyridine rings is 2. The van der Waals surface area contributed by atoms with Crippen LogP contribution >= 0.6 is 0 Å². The van der Waals surface area contributed by atoms with Gasteiger partial charge in [0, 0.05) is 30.7 Å². The van der Waals surface area contributed by atoms with Crippen molar-refractivity contribution in [2.24, 2.45) is 0 Å². The van der Waals surface area contributed by atoms with Crippen LogP contribution < -0.4 is 10.4 Å². The molecule has 0 N–H and O–H groups in total. The highest BCUT2D eigenvalue weighted by atomic mass is 15.0. The fraction of sp³-hybridized carbons (Fsp3) is 0.140. The van der Waals surface area contributed by atoms with Gasteiger partial charge >= 0.3 is 0 Å². The number of hydrogen-bond acceptors (Lipinski definition) is 3. The number of imidazole rings is 1. The lowest BCUT2D eigenvalue weighted by atomic mass is 10.0. The molecule has 4 rings (SSSR count). The fourth-order valence-corrected chi connectivity index (χ4v) is 5.05. The van der Waals surface area contributed by atoms with Crippen LogP contribution in [-0.4, -0.2) is 19.4 Å². The second-order valence-electron chi connectivity index (χ2n) is 11.1. The average molecular weight is 617 g/mol. The minimum atomic E-state index is 0.664. The maximum absolute atomic E-state index is 4.97. The second kappa shape index (κ2) is 17.2. The number of aromatic nitrogens is 4. The lowest BCUT2D eigenvalue weighted by Crippen LogP contribution is -2.24. The third kappa shape index (κ3) is 8.99. The normalized spacial score (nSPS) is 12.2. The molecule has 0 fully saturated rings. The Morgan fingerprint density at radius 2 is 1.66 bits per heavy atom. The van der Waals surface area contributed by atoms with Crippen molar-refractivity contribution in [3.05, 3.63) is 179 Å². The maximum Gasteiger partial charge on any atom is 0.117 e.